The summed E-state index contributed by atoms with van der Waals surface area (Å²) in [5.41, 5.74) is 11.5. The molecule has 3 nitrogen and oxygen atoms in total. The van der Waals surface area contributed by atoms with Crippen LogP contribution in [0.5, 0.6) is 0 Å². The molecule has 0 amide bonds. The van der Waals surface area contributed by atoms with Crippen molar-refractivity contribution in [3.05, 3.63) is 176 Å². The summed E-state index contributed by atoms with van der Waals surface area (Å²) in [6.07, 6.45) is 4.14. The zero-order valence-corrected chi connectivity index (χ0v) is 27.1. The molecule has 0 bridgehead atoms. The lowest BCUT2D eigenvalue weighted by Gasteiger charge is -2.18. The Balaban J connectivity index is 1.10. The third-order valence-corrected chi connectivity index (χ3v) is 10.5. The van der Waals surface area contributed by atoms with Crippen LogP contribution in [0.2, 0.25) is 0 Å². The van der Waals surface area contributed by atoms with Gasteiger partial charge in [0, 0.05) is 34.4 Å². The minimum Gasteiger partial charge on any atom is -0.309 e. The molecule has 0 aliphatic heterocycles. The fourth-order valence-corrected chi connectivity index (χ4v) is 8.19. The normalized spacial score (nSPS) is 12.0. The minimum atomic E-state index is 0.951. The molecule has 3 heterocycles. The summed E-state index contributed by atoms with van der Waals surface area (Å²) >= 11 is 0. The van der Waals surface area contributed by atoms with Gasteiger partial charge in [0.1, 0.15) is 5.65 Å². The first-order valence-corrected chi connectivity index (χ1v) is 17.1. The van der Waals surface area contributed by atoms with E-state index in [9.17, 15) is 0 Å². The Morgan fingerprint density at radius 2 is 1.00 bits per heavy atom. The SMILES string of the molecule is c1cc2ccc3c(-c4ccc(-c5cn6ccccc6n5)cc4)cc(-c4ccc(-n5c6ccccc6c6ccccc65)cc4)c4ccc(c1)c2c34. The molecule has 0 aliphatic carbocycles. The molecule has 0 spiro atoms. The average molecular weight is 636 g/mol. The second-order valence-electron chi connectivity index (χ2n) is 13.2. The number of nitrogens with zero attached hydrogens (tertiary/aromatic N) is 3. The summed E-state index contributed by atoms with van der Waals surface area (Å²) in [4.78, 5) is 4.86. The molecule has 3 aromatic heterocycles. The van der Waals surface area contributed by atoms with Crippen LogP contribution >= 0.6 is 0 Å². The second-order valence-corrected chi connectivity index (χ2v) is 13.2. The number of rotatable bonds is 4. The molecular weight excluding hydrogens is 607 g/mol. The van der Waals surface area contributed by atoms with E-state index in [1.54, 1.807) is 0 Å². The van der Waals surface area contributed by atoms with E-state index in [-0.39, 0.29) is 0 Å². The standard InChI is InChI=1S/C47H29N3/c1-3-12-43-36(10-1)37-11-2-4-13-44(37)50(43)35-23-19-31(20-24-35)41-28-40(38-25-21-33-8-7-9-34-22-26-39(41)47(38)46(33)34)30-15-17-32(18-16-30)42-29-49-27-6-5-14-45(49)48-42/h1-29H. The van der Waals surface area contributed by atoms with Crippen molar-refractivity contribution >= 4 is 59.8 Å². The molecule has 0 fully saturated rings. The first kappa shape index (κ1) is 27.3. The van der Waals surface area contributed by atoms with Crippen LogP contribution < -0.4 is 0 Å². The number of aromatic nitrogens is 3. The van der Waals surface area contributed by atoms with Gasteiger partial charge in [0.05, 0.1) is 16.7 Å². The maximum Gasteiger partial charge on any atom is 0.137 e. The summed E-state index contributed by atoms with van der Waals surface area (Å²) in [6, 6.07) is 59.7. The molecule has 11 rings (SSSR count). The van der Waals surface area contributed by atoms with Gasteiger partial charge >= 0.3 is 0 Å². The summed E-state index contributed by atoms with van der Waals surface area (Å²) in [6.45, 7) is 0. The zero-order valence-electron chi connectivity index (χ0n) is 27.1. The van der Waals surface area contributed by atoms with Crippen molar-refractivity contribution in [2.45, 2.75) is 0 Å². The number of fused-ring (bicyclic) bond motifs is 4. The lowest BCUT2D eigenvalue weighted by molar-refractivity contribution is 1.18. The molecule has 0 atom stereocenters. The Hall–Kier alpha value is -6.71. The Kier molecular flexibility index (Phi) is 5.67. The summed E-state index contributed by atoms with van der Waals surface area (Å²) in [7, 11) is 0. The van der Waals surface area contributed by atoms with Gasteiger partial charge in [-0.2, -0.15) is 0 Å². The van der Waals surface area contributed by atoms with Crippen LogP contribution in [0.3, 0.4) is 0 Å². The molecule has 0 unspecified atom stereocenters. The smallest absolute Gasteiger partial charge is 0.137 e. The first-order valence-electron chi connectivity index (χ1n) is 17.1. The third-order valence-electron chi connectivity index (χ3n) is 10.5. The monoisotopic (exact) mass is 635 g/mol. The molecule has 0 N–H and O–H groups in total. The third kappa shape index (κ3) is 3.95. The van der Waals surface area contributed by atoms with Crippen molar-refractivity contribution < 1.29 is 0 Å². The molecular formula is C47H29N3. The van der Waals surface area contributed by atoms with Crippen molar-refractivity contribution in [2.75, 3.05) is 0 Å². The van der Waals surface area contributed by atoms with Crippen LogP contribution in [0.1, 0.15) is 0 Å². The van der Waals surface area contributed by atoms with E-state index in [0.717, 1.165) is 22.6 Å². The second kappa shape index (κ2) is 10.4. The van der Waals surface area contributed by atoms with Gasteiger partial charge in [0.25, 0.3) is 0 Å². The van der Waals surface area contributed by atoms with Gasteiger partial charge in [-0.05, 0) is 97.0 Å². The summed E-state index contributed by atoms with van der Waals surface area (Å²) in [5, 5.41) is 10.3. The fraction of sp³-hybridized carbons (Fsp3) is 0. The number of hydrogen-bond donors (Lipinski definition) is 0. The van der Waals surface area contributed by atoms with Gasteiger partial charge in [-0.1, -0.05) is 121 Å². The summed E-state index contributed by atoms with van der Waals surface area (Å²) in [5.74, 6) is 0. The van der Waals surface area contributed by atoms with Gasteiger partial charge in [-0.3, -0.25) is 0 Å². The molecule has 0 saturated carbocycles. The number of imidazole rings is 1. The molecule has 0 radical (unpaired) electrons. The Morgan fingerprint density at radius 3 is 1.64 bits per heavy atom. The highest BCUT2D eigenvalue weighted by molar-refractivity contribution is 6.28. The number of benzene rings is 8. The van der Waals surface area contributed by atoms with Gasteiger partial charge in [0.2, 0.25) is 0 Å². The molecule has 8 aromatic carbocycles. The zero-order chi connectivity index (χ0) is 32.8. The van der Waals surface area contributed by atoms with E-state index in [2.05, 4.69) is 161 Å². The van der Waals surface area contributed by atoms with Gasteiger partial charge in [-0.15, -0.1) is 0 Å². The quantitative estimate of drug-likeness (QED) is 0.176. The minimum absolute atomic E-state index is 0.951. The van der Waals surface area contributed by atoms with Gasteiger partial charge in [0.15, 0.2) is 0 Å². The van der Waals surface area contributed by atoms with E-state index in [1.807, 2.05) is 24.4 Å². The number of hydrogen-bond acceptors (Lipinski definition) is 1. The van der Waals surface area contributed by atoms with Crippen LogP contribution in [-0.2, 0) is 0 Å². The van der Waals surface area contributed by atoms with Crippen molar-refractivity contribution in [3.63, 3.8) is 0 Å². The van der Waals surface area contributed by atoms with Crippen molar-refractivity contribution in [3.8, 4) is 39.2 Å². The van der Waals surface area contributed by atoms with Crippen molar-refractivity contribution in [2.24, 2.45) is 0 Å². The van der Waals surface area contributed by atoms with E-state index in [1.165, 1.54) is 76.4 Å². The van der Waals surface area contributed by atoms with E-state index in [0.29, 0.717) is 0 Å². The maximum atomic E-state index is 4.86. The summed E-state index contributed by atoms with van der Waals surface area (Å²) < 4.78 is 4.46. The van der Waals surface area contributed by atoms with Gasteiger partial charge < -0.3 is 8.97 Å². The lowest BCUT2D eigenvalue weighted by atomic mass is 9.85. The van der Waals surface area contributed by atoms with Crippen molar-refractivity contribution in [1.29, 1.82) is 0 Å². The molecule has 11 aromatic rings. The molecule has 232 valence electrons. The highest BCUT2D eigenvalue weighted by Crippen LogP contribution is 2.44. The number of para-hydroxylation sites is 2. The Morgan fingerprint density at radius 1 is 0.420 bits per heavy atom. The largest absolute Gasteiger partial charge is 0.309 e. The predicted octanol–water partition coefficient (Wildman–Crippen LogP) is 12.3. The van der Waals surface area contributed by atoms with E-state index in [4.69, 9.17) is 4.98 Å². The highest BCUT2D eigenvalue weighted by Gasteiger charge is 2.18. The Bertz CT molecular complexity index is 2970. The van der Waals surface area contributed by atoms with Gasteiger partial charge in [-0.25, -0.2) is 4.98 Å². The molecule has 0 aliphatic rings. The fourth-order valence-electron chi connectivity index (χ4n) is 8.19. The van der Waals surface area contributed by atoms with Crippen LogP contribution in [0.15, 0.2) is 176 Å². The Labute approximate surface area is 288 Å². The van der Waals surface area contributed by atoms with Crippen LogP contribution in [0.4, 0.5) is 0 Å². The van der Waals surface area contributed by atoms with Crippen molar-refractivity contribution in [1.82, 2.24) is 14.0 Å². The highest BCUT2D eigenvalue weighted by atomic mass is 15.0. The molecule has 0 saturated heterocycles. The van der Waals surface area contributed by atoms with Crippen LogP contribution in [0, 0.1) is 0 Å². The molecule has 50 heavy (non-hydrogen) atoms. The van der Waals surface area contributed by atoms with E-state index < -0.39 is 0 Å². The first-order chi connectivity index (χ1) is 24.8. The topological polar surface area (TPSA) is 22.2 Å². The predicted molar refractivity (Wildman–Crippen MR) is 210 cm³/mol. The van der Waals surface area contributed by atoms with E-state index >= 15 is 0 Å². The lowest BCUT2D eigenvalue weighted by Crippen LogP contribution is -1.94. The average Bonchev–Trinajstić information content (AvgIpc) is 3.77. The number of pyridine rings is 1. The maximum absolute atomic E-state index is 4.86. The van der Waals surface area contributed by atoms with Crippen LogP contribution in [0.25, 0.3) is 99.0 Å². The van der Waals surface area contributed by atoms with Crippen LogP contribution in [-0.4, -0.2) is 14.0 Å². The molecule has 3 heteroatoms.